The van der Waals surface area contributed by atoms with E-state index in [0.717, 1.165) is 51.6 Å². The van der Waals surface area contributed by atoms with Crippen molar-refractivity contribution in [1.29, 1.82) is 0 Å². The second-order valence-electron chi connectivity index (χ2n) is 15.4. The van der Waals surface area contributed by atoms with Gasteiger partial charge in [-0.25, -0.2) is 4.98 Å². The van der Waals surface area contributed by atoms with Gasteiger partial charge in [-0.2, -0.15) is 0 Å². The molecule has 1 aliphatic rings. The zero-order chi connectivity index (χ0) is 38.3. The van der Waals surface area contributed by atoms with E-state index in [1.54, 1.807) is 0 Å². The maximum Gasteiger partial charge on any atom is 0.153 e. The lowest BCUT2D eigenvalue weighted by atomic mass is 9.84. The molecule has 58 heavy (non-hydrogen) atoms. The Morgan fingerprint density at radius 2 is 0.948 bits per heavy atom. The van der Waals surface area contributed by atoms with Gasteiger partial charge in [0.25, 0.3) is 0 Å². The lowest BCUT2D eigenvalue weighted by molar-refractivity contribution is 0.474. The van der Waals surface area contributed by atoms with Gasteiger partial charge in [-0.3, -0.25) is 4.57 Å². The van der Waals surface area contributed by atoms with Crippen molar-refractivity contribution in [2.45, 2.75) is 13.3 Å². The summed E-state index contributed by atoms with van der Waals surface area (Å²) in [6.07, 6.45) is 0.834. The van der Waals surface area contributed by atoms with E-state index in [4.69, 9.17) is 9.72 Å². The van der Waals surface area contributed by atoms with Gasteiger partial charge in [0, 0.05) is 6.42 Å². The molecule has 0 spiro atoms. The summed E-state index contributed by atoms with van der Waals surface area (Å²) in [5.74, 6) is 2.74. The van der Waals surface area contributed by atoms with Crippen LogP contribution in [0.15, 0.2) is 188 Å². The highest BCUT2D eigenvalue weighted by Crippen LogP contribution is 2.47. The van der Waals surface area contributed by atoms with Crippen LogP contribution in [0.1, 0.15) is 12.7 Å². The van der Waals surface area contributed by atoms with Crippen molar-refractivity contribution >= 4 is 54.1 Å². The predicted molar refractivity (Wildman–Crippen MR) is 242 cm³/mol. The molecule has 3 nitrogen and oxygen atoms in total. The average Bonchev–Trinajstić information content (AvgIpc) is 3.68. The topological polar surface area (TPSA) is 27.1 Å². The van der Waals surface area contributed by atoms with Gasteiger partial charge < -0.3 is 4.74 Å². The van der Waals surface area contributed by atoms with Gasteiger partial charge in [-0.05, 0) is 130 Å². The van der Waals surface area contributed by atoms with Gasteiger partial charge in [-0.15, -0.1) is 0 Å². The molecule has 1 aliphatic heterocycles. The third-order valence-electron chi connectivity index (χ3n) is 12.1. The summed E-state index contributed by atoms with van der Waals surface area (Å²) >= 11 is 0. The zero-order valence-corrected chi connectivity index (χ0v) is 31.9. The van der Waals surface area contributed by atoms with Gasteiger partial charge in [0.1, 0.15) is 11.3 Å². The third-order valence-corrected chi connectivity index (χ3v) is 12.1. The van der Waals surface area contributed by atoms with Crippen molar-refractivity contribution in [3.05, 3.63) is 194 Å². The van der Waals surface area contributed by atoms with E-state index in [1.807, 2.05) is 12.1 Å². The number of para-hydroxylation sites is 1. The summed E-state index contributed by atoms with van der Waals surface area (Å²) in [4.78, 5) is 4.94. The van der Waals surface area contributed by atoms with Crippen molar-refractivity contribution in [2.75, 3.05) is 0 Å². The van der Waals surface area contributed by atoms with E-state index < -0.39 is 0 Å². The van der Waals surface area contributed by atoms with Crippen molar-refractivity contribution < 1.29 is 4.74 Å². The fourth-order valence-electron chi connectivity index (χ4n) is 9.32. The molecule has 0 saturated carbocycles. The van der Waals surface area contributed by atoms with Crippen LogP contribution in [0.25, 0.3) is 104 Å². The van der Waals surface area contributed by atoms with E-state index in [2.05, 4.69) is 187 Å². The largest absolute Gasteiger partial charge is 0.453 e. The minimum Gasteiger partial charge on any atom is -0.453 e. The number of aromatic nitrogens is 2. The summed E-state index contributed by atoms with van der Waals surface area (Å²) in [6.45, 7) is 2.16. The molecule has 0 saturated heterocycles. The molecule has 272 valence electrons. The van der Waals surface area contributed by atoms with Crippen LogP contribution in [0, 0.1) is 0 Å². The normalized spacial score (nSPS) is 12.1. The molecular weight excluding hydrogens is 705 g/mol. The number of imidazole rings is 1. The smallest absolute Gasteiger partial charge is 0.153 e. The minimum absolute atomic E-state index is 0.834. The Hall–Kier alpha value is -7.49. The fourth-order valence-corrected chi connectivity index (χ4v) is 9.32. The van der Waals surface area contributed by atoms with Crippen LogP contribution in [0.5, 0.6) is 11.5 Å². The number of fused-ring (bicyclic) bond motifs is 6. The van der Waals surface area contributed by atoms with Crippen molar-refractivity contribution in [1.82, 2.24) is 9.55 Å². The summed E-state index contributed by atoms with van der Waals surface area (Å²) in [7, 11) is 0. The van der Waals surface area contributed by atoms with E-state index >= 15 is 0 Å². The second kappa shape index (κ2) is 12.8. The number of nitrogens with zero attached hydrogens (tertiary/aromatic N) is 2. The Bertz CT molecular complexity index is 3460. The molecule has 12 rings (SSSR count). The van der Waals surface area contributed by atoms with E-state index in [1.165, 1.54) is 76.5 Å². The van der Waals surface area contributed by atoms with Crippen LogP contribution >= 0.6 is 0 Å². The van der Waals surface area contributed by atoms with Crippen LogP contribution in [-0.4, -0.2) is 9.55 Å². The molecule has 0 bridgehead atoms. The van der Waals surface area contributed by atoms with Crippen molar-refractivity contribution in [3.8, 4) is 61.7 Å². The van der Waals surface area contributed by atoms with Crippen LogP contribution in [0.2, 0.25) is 0 Å². The monoisotopic (exact) mass is 740 g/mol. The average molecular weight is 741 g/mol. The number of ether oxygens (including phenoxy) is 1. The molecule has 1 aromatic heterocycles. The quantitative estimate of drug-likeness (QED) is 0.164. The molecule has 0 atom stereocenters. The van der Waals surface area contributed by atoms with Gasteiger partial charge >= 0.3 is 0 Å². The standard InChI is InChI=1S/C55H36N2O/c1-2-52-56-48-16-9-17-51-55(48)57(52)49-33-41(27-29-50(49)58-51)37-20-18-36(19-21-37)40-26-28-46-47(32-40)54(43-25-23-35-11-4-6-13-39(35)31-43)45-15-8-7-14-44(45)53(46)42-24-22-34-10-3-5-12-38(34)30-42/h3-33H,2H2,1H3. The highest BCUT2D eigenvalue weighted by Gasteiger charge is 2.24. The van der Waals surface area contributed by atoms with Crippen LogP contribution in [0.4, 0.5) is 0 Å². The van der Waals surface area contributed by atoms with Gasteiger partial charge in [0.15, 0.2) is 11.5 Å². The molecule has 0 N–H and O–H groups in total. The first-order valence-corrected chi connectivity index (χ1v) is 20.1. The highest BCUT2D eigenvalue weighted by molar-refractivity contribution is 6.22. The van der Waals surface area contributed by atoms with E-state index in [9.17, 15) is 0 Å². The van der Waals surface area contributed by atoms with E-state index in [0.29, 0.717) is 0 Å². The molecule has 3 heteroatoms. The SMILES string of the molecule is CCc1nc2cccc3c2n1-c1cc(-c2ccc(-c4ccc5c(-c6ccc7ccccc7c6)c6ccccc6c(-c6ccc7ccccc7c6)c5c4)cc2)ccc1O3. The number of aryl methyl sites for hydroxylation is 1. The molecule has 11 aromatic rings. The molecule has 2 heterocycles. The van der Waals surface area contributed by atoms with Crippen LogP contribution < -0.4 is 4.74 Å². The lowest BCUT2D eigenvalue weighted by Crippen LogP contribution is -2.07. The summed E-state index contributed by atoms with van der Waals surface area (Å²) < 4.78 is 8.67. The Kier molecular flexibility index (Phi) is 7.21. The minimum atomic E-state index is 0.834. The molecule has 10 aromatic carbocycles. The molecular formula is C55H36N2O. The molecule has 0 aliphatic carbocycles. The fraction of sp³-hybridized carbons (Fsp3) is 0.0364. The maximum absolute atomic E-state index is 6.39. The Labute approximate surface area is 336 Å². The highest BCUT2D eigenvalue weighted by atomic mass is 16.5. The molecule has 0 fully saturated rings. The molecule has 0 radical (unpaired) electrons. The number of benzene rings is 10. The van der Waals surface area contributed by atoms with Gasteiger partial charge in [0.2, 0.25) is 0 Å². The summed E-state index contributed by atoms with van der Waals surface area (Å²) in [5.41, 5.74) is 12.7. The second-order valence-corrected chi connectivity index (χ2v) is 15.4. The van der Waals surface area contributed by atoms with Crippen molar-refractivity contribution in [2.24, 2.45) is 0 Å². The Balaban J connectivity index is 1.02. The Morgan fingerprint density at radius 1 is 0.414 bits per heavy atom. The van der Waals surface area contributed by atoms with Gasteiger partial charge in [-0.1, -0.05) is 153 Å². The maximum atomic E-state index is 6.39. The van der Waals surface area contributed by atoms with Crippen LogP contribution in [-0.2, 0) is 6.42 Å². The predicted octanol–water partition coefficient (Wildman–Crippen LogP) is 15.0. The van der Waals surface area contributed by atoms with Gasteiger partial charge in [0.05, 0.1) is 11.2 Å². The van der Waals surface area contributed by atoms with E-state index in [-0.39, 0.29) is 0 Å². The first-order valence-electron chi connectivity index (χ1n) is 20.1. The lowest BCUT2D eigenvalue weighted by Gasteiger charge is -2.21. The summed E-state index contributed by atoms with van der Waals surface area (Å²) in [5, 5.41) is 9.97. The van der Waals surface area contributed by atoms with Crippen molar-refractivity contribution in [3.63, 3.8) is 0 Å². The first kappa shape index (κ1) is 32.7. The third kappa shape index (κ3) is 5.03. The molecule has 0 unspecified atom stereocenters. The summed E-state index contributed by atoms with van der Waals surface area (Å²) in [6, 6.07) is 68.7. The van der Waals surface area contributed by atoms with Crippen LogP contribution in [0.3, 0.4) is 0 Å². The zero-order valence-electron chi connectivity index (χ0n) is 31.9. The molecule has 0 amide bonds. The first-order chi connectivity index (χ1) is 28.7. The number of hydrogen-bond donors (Lipinski definition) is 0. The number of rotatable bonds is 5. The number of hydrogen-bond acceptors (Lipinski definition) is 2. The Morgan fingerprint density at radius 3 is 1.60 bits per heavy atom.